The predicted molar refractivity (Wildman–Crippen MR) is 91.1 cm³/mol. The number of rotatable bonds is 2. The van der Waals surface area contributed by atoms with Crippen molar-refractivity contribution in [2.75, 3.05) is 6.54 Å². The number of esters is 1. The molecule has 6 nitrogen and oxygen atoms in total. The molecule has 25 heavy (non-hydrogen) atoms. The number of allylic oxidation sites excluding steroid dienone is 1. The Balaban J connectivity index is 1.38. The minimum Gasteiger partial charge on any atom is -0.508 e. The number of benzene rings is 1. The number of hydrogen-bond donors (Lipinski definition) is 3. The topological polar surface area (TPSA) is 85.8 Å². The standard InChI is InChI=1S/C19H20N2O4/c22-13-1-2-17-15(7-13)16(8-20-17)19(24)25-14-5-11-3-10-4-12(6-14)21(11)9-18(10)23/h1-2,5,7-8,10,12,14,18,20,22-23H,3-4,6,9H2. The molecule has 4 aliphatic heterocycles. The third kappa shape index (κ3) is 2.32. The Morgan fingerprint density at radius 1 is 1.32 bits per heavy atom. The fraction of sp³-hybridized carbons (Fsp3) is 0.421. The van der Waals surface area contributed by atoms with Crippen molar-refractivity contribution in [3.05, 3.63) is 41.7 Å². The number of carbonyl (C=O) groups is 1. The van der Waals surface area contributed by atoms with Gasteiger partial charge < -0.3 is 24.8 Å². The summed E-state index contributed by atoms with van der Waals surface area (Å²) in [5, 5.41) is 20.4. The highest BCUT2D eigenvalue weighted by molar-refractivity contribution is 6.04. The van der Waals surface area contributed by atoms with Crippen molar-refractivity contribution < 1.29 is 19.7 Å². The Morgan fingerprint density at radius 3 is 3.00 bits per heavy atom. The van der Waals surface area contributed by atoms with Crippen LogP contribution in [0.2, 0.25) is 0 Å². The fourth-order valence-electron chi connectivity index (χ4n) is 4.59. The summed E-state index contributed by atoms with van der Waals surface area (Å²) in [6.07, 6.45) is 5.81. The number of phenolic OH excluding ortho intramolecular Hbond substituents is 1. The van der Waals surface area contributed by atoms with Crippen LogP contribution in [0.1, 0.15) is 29.6 Å². The second kappa shape index (κ2) is 5.26. The van der Waals surface area contributed by atoms with Crippen LogP contribution in [0.3, 0.4) is 0 Å². The molecule has 6 rings (SSSR count). The Hall–Kier alpha value is -2.47. The summed E-state index contributed by atoms with van der Waals surface area (Å²) in [7, 11) is 0. The number of piperidine rings is 3. The summed E-state index contributed by atoms with van der Waals surface area (Å²) >= 11 is 0. The number of fused-ring (bicyclic) bond motifs is 2. The number of aromatic nitrogens is 1. The van der Waals surface area contributed by atoms with Gasteiger partial charge in [0.25, 0.3) is 0 Å². The van der Waals surface area contributed by atoms with E-state index in [1.54, 1.807) is 24.4 Å². The number of hydrogen-bond acceptors (Lipinski definition) is 5. The van der Waals surface area contributed by atoms with Gasteiger partial charge in [0.1, 0.15) is 11.9 Å². The van der Waals surface area contributed by atoms with E-state index in [1.807, 2.05) is 6.08 Å². The number of ether oxygens (including phenoxy) is 1. The first-order chi connectivity index (χ1) is 12.1. The normalized spacial score (nSPS) is 30.4. The van der Waals surface area contributed by atoms with E-state index in [1.165, 1.54) is 5.70 Å². The van der Waals surface area contributed by atoms with E-state index in [4.69, 9.17) is 4.74 Å². The van der Waals surface area contributed by atoms with Crippen molar-refractivity contribution in [3.8, 4) is 5.75 Å². The summed E-state index contributed by atoms with van der Waals surface area (Å²) in [5.74, 6) is 0.0891. The molecule has 2 aromatic rings. The van der Waals surface area contributed by atoms with Gasteiger partial charge in [-0.25, -0.2) is 4.79 Å². The van der Waals surface area contributed by atoms with E-state index < -0.39 is 0 Å². The smallest absolute Gasteiger partial charge is 0.340 e. The Kier molecular flexibility index (Phi) is 3.12. The molecule has 6 heteroatoms. The molecule has 0 radical (unpaired) electrons. The maximum absolute atomic E-state index is 12.6. The first kappa shape index (κ1) is 14.8. The number of nitrogens with one attached hydrogen (secondary N) is 1. The molecule has 4 bridgehead atoms. The van der Waals surface area contributed by atoms with E-state index in [9.17, 15) is 15.0 Å². The number of aliphatic hydroxyl groups excluding tert-OH is 1. The fourth-order valence-corrected chi connectivity index (χ4v) is 4.59. The van der Waals surface area contributed by atoms with Crippen LogP contribution in [-0.4, -0.2) is 50.9 Å². The van der Waals surface area contributed by atoms with Gasteiger partial charge >= 0.3 is 5.97 Å². The average molecular weight is 340 g/mol. The highest BCUT2D eigenvalue weighted by Gasteiger charge is 2.45. The number of nitrogens with zero attached hydrogens (tertiary/aromatic N) is 1. The summed E-state index contributed by atoms with van der Waals surface area (Å²) in [4.78, 5) is 17.9. The molecule has 0 amide bonds. The highest BCUT2D eigenvalue weighted by Crippen LogP contribution is 2.43. The first-order valence-electron chi connectivity index (χ1n) is 8.75. The third-order valence-corrected chi connectivity index (χ3v) is 5.81. The van der Waals surface area contributed by atoms with Gasteiger partial charge in [0.2, 0.25) is 0 Å². The van der Waals surface area contributed by atoms with Crippen molar-refractivity contribution in [2.24, 2.45) is 5.92 Å². The monoisotopic (exact) mass is 340 g/mol. The second-order valence-electron chi connectivity index (χ2n) is 7.34. The van der Waals surface area contributed by atoms with Crippen LogP contribution in [0.15, 0.2) is 36.2 Å². The highest BCUT2D eigenvalue weighted by atomic mass is 16.5. The van der Waals surface area contributed by atoms with Crippen LogP contribution in [0.25, 0.3) is 10.9 Å². The zero-order valence-electron chi connectivity index (χ0n) is 13.7. The van der Waals surface area contributed by atoms with E-state index in [2.05, 4.69) is 9.88 Å². The predicted octanol–water partition coefficient (Wildman–Crippen LogP) is 2.14. The molecule has 0 spiro atoms. The van der Waals surface area contributed by atoms with Crippen LogP contribution in [-0.2, 0) is 4.74 Å². The summed E-state index contributed by atoms with van der Waals surface area (Å²) in [6, 6.07) is 5.25. The quantitative estimate of drug-likeness (QED) is 0.729. The SMILES string of the molecule is O=C(OC1C=C2CC3CC(C1)N2CC3O)c1c[nH]c2ccc(O)cc12. The lowest BCUT2D eigenvalue weighted by molar-refractivity contribution is -0.0511. The zero-order valence-corrected chi connectivity index (χ0v) is 13.7. The molecule has 3 saturated heterocycles. The Bertz CT molecular complexity index is 887. The number of aromatic hydroxyl groups is 1. The minimum atomic E-state index is -0.376. The van der Waals surface area contributed by atoms with Crippen LogP contribution < -0.4 is 0 Å². The van der Waals surface area contributed by atoms with Gasteiger partial charge in [-0.3, -0.25) is 0 Å². The van der Waals surface area contributed by atoms with Crippen LogP contribution in [0.5, 0.6) is 5.75 Å². The summed E-state index contributed by atoms with van der Waals surface area (Å²) in [5.41, 5.74) is 2.44. The van der Waals surface area contributed by atoms with Gasteiger partial charge in [-0.1, -0.05) is 0 Å². The molecular weight excluding hydrogens is 320 g/mol. The molecule has 0 aliphatic carbocycles. The summed E-state index contributed by atoms with van der Waals surface area (Å²) in [6.45, 7) is 0.698. The minimum absolute atomic E-state index is 0.123. The van der Waals surface area contributed by atoms with E-state index in [0.29, 0.717) is 29.5 Å². The molecule has 5 heterocycles. The molecule has 130 valence electrons. The van der Waals surface area contributed by atoms with Crippen LogP contribution in [0, 0.1) is 5.92 Å². The van der Waals surface area contributed by atoms with Crippen LogP contribution >= 0.6 is 0 Å². The molecular formula is C19H20N2O4. The number of H-pyrrole nitrogens is 1. The Morgan fingerprint density at radius 2 is 2.20 bits per heavy atom. The van der Waals surface area contributed by atoms with Gasteiger partial charge in [0.05, 0.1) is 11.7 Å². The van der Waals surface area contributed by atoms with Gasteiger partial charge in [-0.2, -0.15) is 0 Å². The zero-order chi connectivity index (χ0) is 17.1. The molecule has 4 unspecified atom stereocenters. The van der Waals surface area contributed by atoms with Crippen molar-refractivity contribution in [2.45, 2.75) is 37.5 Å². The maximum atomic E-state index is 12.6. The number of aliphatic hydroxyl groups is 1. The second-order valence-corrected chi connectivity index (χ2v) is 7.34. The molecule has 1 aromatic carbocycles. The molecule has 1 aromatic heterocycles. The largest absolute Gasteiger partial charge is 0.508 e. The number of phenols is 1. The first-order valence-corrected chi connectivity index (χ1v) is 8.75. The molecule has 3 N–H and O–H groups in total. The lowest BCUT2D eigenvalue weighted by Gasteiger charge is -2.53. The summed E-state index contributed by atoms with van der Waals surface area (Å²) < 4.78 is 5.75. The number of aromatic amines is 1. The van der Waals surface area contributed by atoms with Gasteiger partial charge in [-0.05, 0) is 43.0 Å². The lowest BCUT2D eigenvalue weighted by atomic mass is 9.75. The molecule has 4 aliphatic rings. The maximum Gasteiger partial charge on any atom is 0.340 e. The van der Waals surface area contributed by atoms with Crippen molar-refractivity contribution in [1.82, 2.24) is 9.88 Å². The number of carbonyl (C=O) groups excluding carboxylic acids is 1. The van der Waals surface area contributed by atoms with E-state index in [-0.39, 0.29) is 23.9 Å². The lowest BCUT2D eigenvalue weighted by Crippen LogP contribution is -2.57. The van der Waals surface area contributed by atoms with E-state index in [0.717, 1.165) is 24.8 Å². The average Bonchev–Trinajstić information content (AvgIpc) is 2.98. The molecule has 3 fully saturated rings. The van der Waals surface area contributed by atoms with E-state index >= 15 is 0 Å². The van der Waals surface area contributed by atoms with Crippen molar-refractivity contribution in [1.29, 1.82) is 0 Å². The van der Waals surface area contributed by atoms with Crippen LogP contribution in [0.4, 0.5) is 0 Å². The third-order valence-electron chi connectivity index (χ3n) is 5.81. The Labute approximate surface area is 144 Å². The molecule has 0 saturated carbocycles. The van der Waals surface area contributed by atoms with Crippen molar-refractivity contribution >= 4 is 16.9 Å². The van der Waals surface area contributed by atoms with Crippen molar-refractivity contribution in [3.63, 3.8) is 0 Å². The van der Waals surface area contributed by atoms with Gasteiger partial charge in [0.15, 0.2) is 0 Å². The van der Waals surface area contributed by atoms with Gasteiger partial charge in [-0.15, -0.1) is 0 Å². The molecule has 4 atom stereocenters. The van der Waals surface area contributed by atoms with Gasteiger partial charge in [0, 0.05) is 41.8 Å².